The average molecular weight is 266 g/mol. The zero-order valence-corrected chi connectivity index (χ0v) is 10.4. The summed E-state index contributed by atoms with van der Waals surface area (Å²) in [5, 5.41) is 0. The summed E-state index contributed by atoms with van der Waals surface area (Å²) in [6, 6.07) is 4.33. The molecule has 15 heavy (non-hydrogen) atoms. The Labute approximate surface area is 99.4 Å². The van der Waals surface area contributed by atoms with E-state index < -0.39 is 0 Å². The Morgan fingerprint density at radius 1 is 1.20 bits per heavy atom. The summed E-state index contributed by atoms with van der Waals surface area (Å²) in [4.78, 5) is 4.35. The van der Waals surface area contributed by atoms with E-state index in [-0.39, 0.29) is 0 Å². The van der Waals surface area contributed by atoms with Gasteiger partial charge >= 0.3 is 0 Å². The standard InChI is InChI=1S/C13H16BrN/c14-13-5-4-11(8-15-13)12-7-9-2-1-3-10(12)6-9/h4-5,8-10,12H,1-3,6-7H2. The van der Waals surface area contributed by atoms with Gasteiger partial charge in [-0.2, -0.15) is 0 Å². The molecule has 0 saturated heterocycles. The van der Waals surface area contributed by atoms with E-state index in [4.69, 9.17) is 0 Å². The van der Waals surface area contributed by atoms with Gasteiger partial charge in [-0.15, -0.1) is 0 Å². The molecule has 2 bridgehead atoms. The fourth-order valence-corrected chi connectivity index (χ4v) is 3.71. The first-order chi connectivity index (χ1) is 7.33. The van der Waals surface area contributed by atoms with Crippen molar-refractivity contribution in [1.82, 2.24) is 4.98 Å². The molecule has 0 aromatic carbocycles. The molecule has 1 heterocycles. The third kappa shape index (κ3) is 1.84. The lowest BCUT2D eigenvalue weighted by Gasteiger charge is -2.21. The van der Waals surface area contributed by atoms with Gasteiger partial charge in [0.2, 0.25) is 0 Å². The fraction of sp³-hybridized carbons (Fsp3) is 0.615. The largest absolute Gasteiger partial charge is 0.249 e. The van der Waals surface area contributed by atoms with Gasteiger partial charge in [0.15, 0.2) is 0 Å². The summed E-state index contributed by atoms with van der Waals surface area (Å²) < 4.78 is 0.951. The molecule has 3 rings (SSSR count). The Kier molecular flexibility index (Phi) is 2.55. The number of nitrogens with zero attached hydrogens (tertiary/aromatic N) is 1. The fourth-order valence-electron chi connectivity index (χ4n) is 3.48. The molecule has 3 atom stereocenters. The number of pyridine rings is 1. The van der Waals surface area contributed by atoms with E-state index >= 15 is 0 Å². The number of hydrogen-bond donors (Lipinski definition) is 0. The van der Waals surface area contributed by atoms with E-state index in [1.807, 2.05) is 0 Å². The average Bonchev–Trinajstić information content (AvgIpc) is 2.55. The molecule has 0 radical (unpaired) electrons. The second-order valence-corrected chi connectivity index (χ2v) is 5.86. The Balaban J connectivity index is 1.85. The number of halogens is 1. The molecule has 1 aromatic rings. The first-order valence-electron chi connectivity index (χ1n) is 5.94. The molecule has 2 aliphatic carbocycles. The van der Waals surface area contributed by atoms with Crippen LogP contribution in [0.15, 0.2) is 22.9 Å². The molecule has 1 nitrogen and oxygen atoms in total. The lowest BCUT2D eigenvalue weighted by Crippen LogP contribution is -2.08. The van der Waals surface area contributed by atoms with Gasteiger partial charge in [-0.3, -0.25) is 0 Å². The van der Waals surface area contributed by atoms with Gasteiger partial charge in [0.25, 0.3) is 0 Å². The Bertz CT molecular complexity index is 346. The highest BCUT2D eigenvalue weighted by atomic mass is 79.9. The van der Waals surface area contributed by atoms with E-state index in [9.17, 15) is 0 Å². The summed E-state index contributed by atoms with van der Waals surface area (Å²) in [6.07, 6.45) is 9.31. The number of rotatable bonds is 1. The molecular formula is C13H16BrN. The summed E-state index contributed by atoms with van der Waals surface area (Å²) in [5.74, 6) is 2.77. The summed E-state index contributed by atoms with van der Waals surface area (Å²) in [7, 11) is 0. The van der Waals surface area contributed by atoms with Crippen LogP contribution >= 0.6 is 15.9 Å². The van der Waals surface area contributed by atoms with E-state index in [0.29, 0.717) is 0 Å². The molecular weight excluding hydrogens is 250 g/mol. The van der Waals surface area contributed by atoms with Gasteiger partial charge < -0.3 is 0 Å². The van der Waals surface area contributed by atoms with E-state index in [1.165, 1.54) is 37.7 Å². The van der Waals surface area contributed by atoms with Gasteiger partial charge in [-0.25, -0.2) is 4.98 Å². The van der Waals surface area contributed by atoms with Crippen molar-refractivity contribution in [2.75, 3.05) is 0 Å². The van der Waals surface area contributed by atoms with Gasteiger partial charge in [0, 0.05) is 6.20 Å². The van der Waals surface area contributed by atoms with Crippen molar-refractivity contribution in [1.29, 1.82) is 0 Å². The molecule has 0 spiro atoms. The molecule has 2 saturated carbocycles. The quantitative estimate of drug-likeness (QED) is 0.696. The predicted octanol–water partition coefficient (Wildman–Crippen LogP) is 4.14. The van der Waals surface area contributed by atoms with E-state index in [0.717, 1.165) is 22.4 Å². The summed E-state index contributed by atoms with van der Waals surface area (Å²) in [6.45, 7) is 0. The molecule has 0 N–H and O–H groups in total. The summed E-state index contributed by atoms with van der Waals surface area (Å²) in [5.41, 5.74) is 1.47. The molecule has 3 unspecified atom stereocenters. The van der Waals surface area contributed by atoms with Crippen molar-refractivity contribution < 1.29 is 0 Å². The molecule has 2 aliphatic rings. The van der Waals surface area contributed by atoms with E-state index in [2.05, 4.69) is 39.2 Å². The Morgan fingerprint density at radius 2 is 2.13 bits per heavy atom. The van der Waals surface area contributed by atoms with E-state index in [1.54, 1.807) is 0 Å². The first-order valence-corrected chi connectivity index (χ1v) is 6.73. The zero-order valence-electron chi connectivity index (χ0n) is 8.82. The topological polar surface area (TPSA) is 12.9 Å². The van der Waals surface area contributed by atoms with Crippen LogP contribution in [0.3, 0.4) is 0 Å². The SMILES string of the molecule is Brc1ccc(C2CC3CCCC2C3)cn1. The van der Waals surface area contributed by atoms with Crippen molar-refractivity contribution in [3.05, 3.63) is 28.5 Å². The minimum atomic E-state index is 0.804. The van der Waals surface area contributed by atoms with Crippen LogP contribution < -0.4 is 0 Å². The first kappa shape index (κ1) is 9.83. The lowest BCUT2D eigenvalue weighted by molar-refractivity contribution is 0.350. The highest BCUT2D eigenvalue weighted by Crippen LogP contribution is 2.50. The molecule has 1 aromatic heterocycles. The minimum absolute atomic E-state index is 0.804. The van der Waals surface area contributed by atoms with Gasteiger partial charge in [0.05, 0.1) is 0 Å². The van der Waals surface area contributed by atoms with Crippen molar-refractivity contribution in [2.45, 2.75) is 38.0 Å². The van der Waals surface area contributed by atoms with Crippen LogP contribution in [0.4, 0.5) is 0 Å². The second-order valence-electron chi connectivity index (χ2n) is 5.05. The number of hydrogen-bond acceptors (Lipinski definition) is 1. The van der Waals surface area contributed by atoms with Gasteiger partial charge in [0.1, 0.15) is 4.60 Å². The van der Waals surface area contributed by atoms with Crippen LogP contribution in [0.5, 0.6) is 0 Å². The third-order valence-electron chi connectivity index (χ3n) is 4.16. The van der Waals surface area contributed by atoms with Gasteiger partial charge in [-0.05, 0) is 64.6 Å². The molecule has 2 heteroatoms. The maximum absolute atomic E-state index is 4.35. The van der Waals surface area contributed by atoms with Gasteiger partial charge in [-0.1, -0.05) is 18.9 Å². The third-order valence-corrected chi connectivity index (χ3v) is 4.63. The van der Waals surface area contributed by atoms with Crippen molar-refractivity contribution in [3.63, 3.8) is 0 Å². The minimum Gasteiger partial charge on any atom is -0.249 e. The monoisotopic (exact) mass is 265 g/mol. The zero-order chi connectivity index (χ0) is 10.3. The maximum atomic E-state index is 4.35. The lowest BCUT2D eigenvalue weighted by atomic mass is 9.85. The number of fused-ring (bicyclic) bond motifs is 2. The summed E-state index contributed by atoms with van der Waals surface area (Å²) >= 11 is 3.40. The normalized spacial score (nSPS) is 34.3. The molecule has 80 valence electrons. The van der Waals surface area contributed by atoms with Crippen LogP contribution in [0.25, 0.3) is 0 Å². The van der Waals surface area contributed by atoms with Crippen LogP contribution in [-0.2, 0) is 0 Å². The second kappa shape index (κ2) is 3.89. The van der Waals surface area contributed by atoms with Crippen molar-refractivity contribution in [2.24, 2.45) is 11.8 Å². The van der Waals surface area contributed by atoms with Crippen LogP contribution in [0.1, 0.15) is 43.6 Å². The Morgan fingerprint density at radius 3 is 2.87 bits per heavy atom. The van der Waals surface area contributed by atoms with Crippen molar-refractivity contribution >= 4 is 15.9 Å². The van der Waals surface area contributed by atoms with Crippen LogP contribution in [0, 0.1) is 11.8 Å². The predicted molar refractivity (Wildman–Crippen MR) is 64.7 cm³/mol. The Hall–Kier alpha value is -0.370. The maximum Gasteiger partial charge on any atom is 0.106 e. The molecule has 0 amide bonds. The molecule has 2 fully saturated rings. The van der Waals surface area contributed by atoms with Crippen LogP contribution in [0.2, 0.25) is 0 Å². The van der Waals surface area contributed by atoms with Crippen molar-refractivity contribution in [3.8, 4) is 0 Å². The highest BCUT2D eigenvalue weighted by Gasteiger charge is 2.37. The highest BCUT2D eigenvalue weighted by molar-refractivity contribution is 9.10. The smallest absolute Gasteiger partial charge is 0.106 e. The molecule has 0 aliphatic heterocycles. The number of aromatic nitrogens is 1. The van der Waals surface area contributed by atoms with Crippen LogP contribution in [-0.4, -0.2) is 4.98 Å².